The Morgan fingerprint density at radius 1 is 1.12 bits per heavy atom. The maximum atomic E-state index is 5.59. The molecule has 0 spiro atoms. The molecule has 0 bridgehead atoms. The molecule has 1 aromatic carbocycles. The van der Waals surface area contributed by atoms with Gasteiger partial charge in [-0.3, -0.25) is 0 Å². The van der Waals surface area contributed by atoms with Gasteiger partial charge in [0, 0.05) is 29.9 Å². The highest BCUT2D eigenvalue weighted by Gasteiger charge is 2.05. The van der Waals surface area contributed by atoms with E-state index in [1.165, 1.54) is 11.1 Å². The van der Waals surface area contributed by atoms with Crippen LogP contribution in [0.2, 0.25) is 0 Å². The molecular formula is C14H13N3. The molecule has 2 aromatic heterocycles. The Morgan fingerprint density at radius 3 is 2.71 bits per heavy atom. The third kappa shape index (κ3) is 1.70. The van der Waals surface area contributed by atoms with Gasteiger partial charge in [0.05, 0.1) is 0 Å². The molecule has 3 rings (SSSR count). The molecule has 0 saturated heterocycles. The number of hydrogen-bond acceptors (Lipinski definition) is 2. The summed E-state index contributed by atoms with van der Waals surface area (Å²) in [5.74, 6) is 0. The number of benzene rings is 1. The molecule has 0 fully saturated rings. The minimum absolute atomic E-state index is 0.579. The van der Waals surface area contributed by atoms with Crippen molar-refractivity contribution in [3.63, 3.8) is 0 Å². The van der Waals surface area contributed by atoms with Gasteiger partial charge in [-0.15, -0.1) is 0 Å². The van der Waals surface area contributed by atoms with Crippen LogP contribution in [0.25, 0.3) is 22.2 Å². The summed E-state index contributed by atoms with van der Waals surface area (Å²) in [4.78, 5) is 7.46. The van der Waals surface area contributed by atoms with Crippen molar-refractivity contribution in [2.45, 2.75) is 6.54 Å². The number of aromatic nitrogens is 2. The van der Waals surface area contributed by atoms with E-state index in [9.17, 15) is 0 Å². The Labute approximate surface area is 99.3 Å². The first-order valence-electron chi connectivity index (χ1n) is 5.60. The minimum atomic E-state index is 0.579. The van der Waals surface area contributed by atoms with E-state index in [-0.39, 0.29) is 0 Å². The largest absolute Gasteiger partial charge is 0.346 e. The molecule has 0 saturated carbocycles. The topological polar surface area (TPSA) is 54.7 Å². The Kier molecular flexibility index (Phi) is 2.38. The Morgan fingerprint density at radius 2 is 1.94 bits per heavy atom. The predicted octanol–water partition coefficient (Wildman–Crippen LogP) is 2.69. The van der Waals surface area contributed by atoms with Crippen LogP contribution >= 0.6 is 0 Å². The van der Waals surface area contributed by atoms with Crippen LogP contribution in [0.1, 0.15) is 5.56 Å². The van der Waals surface area contributed by atoms with Crippen molar-refractivity contribution in [3.05, 3.63) is 54.4 Å². The molecule has 0 unspecified atom stereocenters. The number of hydrogen-bond donors (Lipinski definition) is 2. The Hall–Kier alpha value is -2.13. The van der Waals surface area contributed by atoms with E-state index < -0.39 is 0 Å². The maximum Gasteiger partial charge on any atom is 0.137 e. The number of H-pyrrole nitrogens is 1. The van der Waals surface area contributed by atoms with Crippen molar-refractivity contribution in [3.8, 4) is 11.1 Å². The molecule has 84 valence electrons. The van der Waals surface area contributed by atoms with E-state index in [4.69, 9.17) is 5.73 Å². The normalized spacial score (nSPS) is 10.9. The summed E-state index contributed by atoms with van der Waals surface area (Å²) in [6.07, 6.45) is 3.79. The van der Waals surface area contributed by atoms with Crippen LogP contribution in [0.3, 0.4) is 0 Å². The first-order valence-corrected chi connectivity index (χ1v) is 5.60. The van der Waals surface area contributed by atoms with Gasteiger partial charge in [-0.25, -0.2) is 4.98 Å². The summed E-state index contributed by atoms with van der Waals surface area (Å²) < 4.78 is 0. The Balaban J connectivity index is 2.13. The van der Waals surface area contributed by atoms with E-state index in [1.54, 1.807) is 6.20 Å². The molecule has 2 heterocycles. The molecule has 3 nitrogen and oxygen atoms in total. The predicted molar refractivity (Wildman–Crippen MR) is 69.4 cm³/mol. The van der Waals surface area contributed by atoms with Gasteiger partial charge in [-0.1, -0.05) is 24.3 Å². The number of nitrogens with zero attached hydrogens (tertiary/aromatic N) is 1. The number of pyridine rings is 1. The smallest absolute Gasteiger partial charge is 0.137 e. The van der Waals surface area contributed by atoms with Gasteiger partial charge in [0.1, 0.15) is 5.65 Å². The van der Waals surface area contributed by atoms with Crippen LogP contribution in [0, 0.1) is 0 Å². The number of rotatable bonds is 2. The maximum absolute atomic E-state index is 5.59. The highest BCUT2D eigenvalue weighted by molar-refractivity contribution is 5.93. The summed E-state index contributed by atoms with van der Waals surface area (Å²) in [6.45, 7) is 0.579. The number of aromatic amines is 1. The number of fused-ring (bicyclic) bond motifs is 1. The molecule has 3 N–H and O–H groups in total. The van der Waals surface area contributed by atoms with Gasteiger partial charge in [-0.2, -0.15) is 0 Å². The summed E-state index contributed by atoms with van der Waals surface area (Å²) in [7, 11) is 0. The highest BCUT2D eigenvalue weighted by atomic mass is 14.8. The van der Waals surface area contributed by atoms with Crippen molar-refractivity contribution in [1.82, 2.24) is 9.97 Å². The highest BCUT2D eigenvalue weighted by Crippen LogP contribution is 2.27. The molecule has 3 aromatic rings. The lowest BCUT2D eigenvalue weighted by Gasteiger charge is -2.01. The second-order valence-corrected chi connectivity index (χ2v) is 4.00. The van der Waals surface area contributed by atoms with Gasteiger partial charge in [0.2, 0.25) is 0 Å². The SMILES string of the molecule is NCc1ccc(-c2c[nH]c3ncccc23)cc1. The van der Waals surface area contributed by atoms with E-state index >= 15 is 0 Å². The molecule has 3 heteroatoms. The monoisotopic (exact) mass is 223 g/mol. The van der Waals surface area contributed by atoms with Crippen LogP contribution in [-0.2, 0) is 6.54 Å². The van der Waals surface area contributed by atoms with Crippen LogP contribution in [0.15, 0.2) is 48.8 Å². The summed E-state index contributed by atoms with van der Waals surface area (Å²) in [5.41, 5.74) is 10.0. The molecule has 0 atom stereocenters. The average molecular weight is 223 g/mol. The third-order valence-electron chi connectivity index (χ3n) is 2.95. The second kappa shape index (κ2) is 4.03. The Bertz CT molecular complexity index is 638. The zero-order valence-electron chi connectivity index (χ0n) is 9.35. The van der Waals surface area contributed by atoms with Crippen LogP contribution < -0.4 is 5.73 Å². The van der Waals surface area contributed by atoms with Gasteiger partial charge in [0.15, 0.2) is 0 Å². The van der Waals surface area contributed by atoms with Crippen molar-refractivity contribution < 1.29 is 0 Å². The lowest BCUT2D eigenvalue weighted by atomic mass is 10.0. The molecule has 0 aliphatic carbocycles. The van der Waals surface area contributed by atoms with Gasteiger partial charge >= 0.3 is 0 Å². The van der Waals surface area contributed by atoms with Crippen LogP contribution in [-0.4, -0.2) is 9.97 Å². The third-order valence-corrected chi connectivity index (χ3v) is 2.95. The molecule has 0 radical (unpaired) electrons. The van der Waals surface area contributed by atoms with Crippen molar-refractivity contribution in [2.24, 2.45) is 5.73 Å². The first kappa shape index (κ1) is 10.1. The quantitative estimate of drug-likeness (QED) is 0.701. The molecular weight excluding hydrogens is 210 g/mol. The van der Waals surface area contributed by atoms with E-state index in [0.29, 0.717) is 6.54 Å². The number of nitrogens with one attached hydrogen (secondary N) is 1. The molecule has 0 aliphatic rings. The molecule has 0 aliphatic heterocycles. The van der Waals surface area contributed by atoms with Crippen LogP contribution in [0.5, 0.6) is 0 Å². The average Bonchev–Trinajstić information content (AvgIpc) is 2.83. The first-order chi connectivity index (χ1) is 8.38. The van der Waals surface area contributed by atoms with Gasteiger partial charge < -0.3 is 10.7 Å². The van der Waals surface area contributed by atoms with Crippen molar-refractivity contribution >= 4 is 11.0 Å². The zero-order valence-corrected chi connectivity index (χ0v) is 9.35. The fraction of sp³-hybridized carbons (Fsp3) is 0.0714. The van der Waals surface area contributed by atoms with E-state index in [1.807, 2.05) is 12.3 Å². The molecule has 0 amide bonds. The fourth-order valence-corrected chi connectivity index (χ4v) is 2.02. The lowest BCUT2D eigenvalue weighted by Crippen LogP contribution is -1.95. The van der Waals surface area contributed by atoms with Gasteiger partial charge in [-0.05, 0) is 23.3 Å². The zero-order chi connectivity index (χ0) is 11.7. The number of nitrogens with two attached hydrogens (primary N) is 1. The van der Waals surface area contributed by atoms with E-state index in [2.05, 4.69) is 40.3 Å². The van der Waals surface area contributed by atoms with Crippen LogP contribution in [0.4, 0.5) is 0 Å². The standard InChI is InChI=1S/C14H13N3/c15-8-10-3-5-11(6-4-10)13-9-17-14-12(13)2-1-7-16-14/h1-7,9H,8,15H2,(H,16,17). The summed E-state index contributed by atoms with van der Waals surface area (Å²) >= 11 is 0. The van der Waals surface area contributed by atoms with E-state index in [0.717, 1.165) is 16.6 Å². The summed E-state index contributed by atoms with van der Waals surface area (Å²) in [5, 5.41) is 1.15. The second-order valence-electron chi connectivity index (χ2n) is 4.00. The van der Waals surface area contributed by atoms with Crippen molar-refractivity contribution in [1.29, 1.82) is 0 Å². The minimum Gasteiger partial charge on any atom is -0.346 e. The summed E-state index contributed by atoms with van der Waals surface area (Å²) in [6, 6.07) is 12.3. The lowest BCUT2D eigenvalue weighted by molar-refractivity contribution is 1.07. The fourth-order valence-electron chi connectivity index (χ4n) is 2.02. The van der Waals surface area contributed by atoms with Gasteiger partial charge in [0.25, 0.3) is 0 Å². The van der Waals surface area contributed by atoms with Crippen molar-refractivity contribution in [2.75, 3.05) is 0 Å². The molecule has 17 heavy (non-hydrogen) atoms.